The number of hydrogen-bond donors (Lipinski definition) is 3. The Kier molecular flexibility index (Phi) is 17.7. The van der Waals surface area contributed by atoms with Crippen LogP contribution in [0.1, 0.15) is 104 Å². The van der Waals surface area contributed by atoms with E-state index in [1.807, 2.05) is 0 Å². The van der Waals surface area contributed by atoms with Gasteiger partial charge in [0.2, 0.25) is 0 Å². The van der Waals surface area contributed by atoms with Crippen LogP contribution in [0.3, 0.4) is 0 Å². The number of nitrogens with two attached hydrogens (primary N) is 1. The molecule has 0 aromatic heterocycles. The lowest BCUT2D eigenvalue weighted by Crippen LogP contribution is -2.42. The number of aliphatic imine (C=N–C) groups is 1. The highest BCUT2D eigenvalue weighted by Crippen LogP contribution is 2.43. The highest BCUT2D eigenvalue weighted by atomic mass is 15.0. The van der Waals surface area contributed by atoms with Gasteiger partial charge >= 0.3 is 0 Å². The van der Waals surface area contributed by atoms with Crippen LogP contribution in [0.5, 0.6) is 0 Å². The van der Waals surface area contributed by atoms with Crippen molar-refractivity contribution >= 4 is 28.8 Å². The standard InChI is InChI=1S/C83H80N4/c1-58-81(76-42-19-31-65(54-76)61-27-10-4-11-28-61)85-57-80(86-82(58)77-43-20-32-66(55-77)62-29-12-5-13-30-62)75-41-18-39-73(53-75)71-37-16-35-69(51-71)67-33-15-34-68(50-67)70-36-17-38-72(52-70)74-40-21-44-78(56-74)83(84)87-79(45-14-24-59-22-6-2-7-23-59)64-48-46-63(47-49-64)60-25-8-3-9-26-60/h2-18,20-30,32-41,43,45-49,51,55-56,65,67,72,75-76,78,80,83,86-87H,19,31,42,44,50,52-54,57,84H2,1H3/b24-14+,79-45+. The van der Waals surface area contributed by atoms with E-state index in [-0.39, 0.29) is 35.9 Å². The van der Waals surface area contributed by atoms with Crippen molar-refractivity contribution in [1.82, 2.24) is 10.6 Å². The zero-order valence-electron chi connectivity index (χ0n) is 50.1. The van der Waals surface area contributed by atoms with Gasteiger partial charge in [-0.3, -0.25) is 4.99 Å². The molecule has 1 aliphatic heterocycles. The summed E-state index contributed by atoms with van der Waals surface area (Å²) in [6.07, 6.45) is 42.9. The van der Waals surface area contributed by atoms with Crippen LogP contribution in [0.25, 0.3) is 45.3 Å². The van der Waals surface area contributed by atoms with Crippen LogP contribution in [-0.4, -0.2) is 24.5 Å². The highest BCUT2D eigenvalue weighted by molar-refractivity contribution is 6.07. The van der Waals surface area contributed by atoms with Gasteiger partial charge in [0.05, 0.1) is 18.8 Å². The molecule has 8 unspecified atom stereocenters. The fourth-order valence-electron chi connectivity index (χ4n) is 14.2. The third-order valence-electron chi connectivity index (χ3n) is 19.0. The van der Waals surface area contributed by atoms with E-state index in [1.165, 1.54) is 103 Å². The zero-order valence-corrected chi connectivity index (χ0v) is 50.1. The average Bonchev–Trinajstić information content (AvgIpc) is 4.08. The van der Waals surface area contributed by atoms with Crippen molar-refractivity contribution in [2.75, 3.05) is 6.54 Å². The molecule has 0 amide bonds. The van der Waals surface area contributed by atoms with Crippen LogP contribution in [0.2, 0.25) is 0 Å². The third-order valence-corrected chi connectivity index (χ3v) is 19.0. The van der Waals surface area contributed by atoms with E-state index < -0.39 is 0 Å². The molecular formula is C83H80N4. The molecular weight excluding hydrogens is 1050 g/mol. The summed E-state index contributed by atoms with van der Waals surface area (Å²) in [5.74, 6) is 1.93. The number of benzene rings is 7. The van der Waals surface area contributed by atoms with E-state index in [2.05, 4.69) is 303 Å². The fraction of sp³-hybridized carbons (Fsp3) is 0.217. The van der Waals surface area contributed by atoms with Crippen LogP contribution in [0, 0.1) is 23.7 Å². The molecule has 0 bridgehead atoms. The summed E-state index contributed by atoms with van der Waals surface area (Å²) in [6, 6.07) is 70.5. The number of nitrogens with zero attached hydrogens (tertiary/aromatic N) is 1. The number of rotatable bonds is 16. The second-order valence-electron chi connectivity index (χ2n) is 24.7. The molecule has 7 aromatic rings. The first-order valence-corrected chi connectivity index (χ1v) is 31.9. The van der Waals surface area contributed by atoms with Crippen molar-refractivity contribution in [2.24, 2.45) is 34.4 Å². The van der Waals surface area contributed by atoms with E-state index in [1.54, 1.807) is 0 Å². The van der Waals surface area contributed by atoms with Crippen LogP contribution in [0.15, 0.2) is 306 Å². The summed E-state index contributed by atoms with van der Waals surface area (Å²) in [4.78, 5) is 5.68. The van der Waals surface area contributed by atoms with Crippen molar-refractivity contribution in [1.29, 1.82) is 0 Å². The summed E-state index contributed by atoms with van der Waals surface area (Å²) in [6.45, 7) is 3.08. The second-order valence-corrected chi connectivity index (χ2v) is 24.7. The molecule has 1 saturated carbocycles. The molecule has 432 valence electrons. The zero-order chi connectivity index (χ0) is 58.7. The summed E-state index contributed by atoms with van der Waals surface area (Å²) in [7, 11) is 0. The molecule has 4 nitrogen and oxygen atoms in total. The van der Waals surface area contributed by atoms with E-state index in [0.29, 0.717) is 11.8 Å². The lowest BCUT2D eigenvalue weighted by molar-refractivity contribution is 0.388. The lowest BCUT2D eigenvalue weighted by atomic mass is 9.74. The Labute approximate surface area is 516 Å². The molecule has 0 spiro atoms. The minimum absolute atomic E-state index is 0.128. The van der Waals surface area contributed by atoms with Gasteiger partial charge in [-0.05, 0) is 153 Å². The fourth-order valence-corrected chi connectivity index (χ4v) is 14.2. The van der Waals surface area contributed by atoms with E-state index in [9.17, 15) is 0 Å². The largest absolute Gasteiger partial charge is 0.379 e. The Morgan fingerprint density at radius 3 is 1.97 bits per heavy atom. The second kappa shape index (κ2) is 27.1. The van der Waals surface area contributed by atoms with Gasteiger partial charge < -0.3 is 16.4 Å². The maximum atomic E-state index is 7.18. The minimum atomic E-state index is -0.286. The monoisotopic (exact) mass is 1130 g/mol. The maximum Gasteiger partial charge on any atom is 0.0810 e. The van der Waals surface area contributed by atoms with Gasteiger partial charge in [-0.15, -0.1) is 0 Å². The molecule has 4 N–H and O–H groups in total. The third kappa shape index (κ3) is 13.6. The van der Waals surface area contributed by atoms with E-state index in [4.69, 9.17) is 10.7 Å². The molecule has 6 aliphatic rings. The number of hydrogen-bond acceptors (Lipinski definition) is 4. The molecule has 0 saturated heterocycles. The van der Waals surface area contributed by atoms with Gasteiger partial charge in [0.15, 0.2) is 0 Å². The van der Waals surface area contributed by atoms with Gasteiger partial charge in [0, 0.05) is 46.7 Å². The number of allylic oxidation sites excluding steroid dienone is 17. The molecule has 4 heteroatoms. The first-order valence-electron chi connectivity index (χ1n) is 31.9. The Morgan fingerprint density at radius 2 is 1.20 bits per heavy atom. The topological polar surface area (TPSA) is 62.4 Å². The van der Waals surface area contributed by atoms with Gasteiger partial charge in [-0.1, -0.05) is 280 Å². The predicted molar refractivity (Wildman–Crippen MR) is 368 cm³/mol. The van der Waals surface area contributed by atoms with Crippen molar-refractivity contribution < 1.29 is 0 Å². The van der Waals surface area contributed by atoms with Crippen LogP contribution in [-0.2, 0) is 0 Å². The van der Waals surface area contributed by atoms with E-state index in [0.717, 1.165) is 55.5 Å². The summed E-state index contributed by atoms with van der Waals surface area (Å²) >= 11 is 0. The molecule has 1 heterocycles. The first kappa shape index (κ1) is 57.0. The quantitative estimate of drug-likeness (QED) is 0.0667. The smallest absolute Gasteiger partial charge is 0.0810 e. The molecule has 7 aromatic carbocycles. The number of nitrogens with one attached hydrogen (secondary N) is 2. The van der Waals surface area contributed by atoms with Crippen LogP contribution < -0.4 is 16.4 Å². The minimum Gasteiger partial charge on any atom is -0.379 e. The average molecular weight is 1130 g/mol. The van der Waals surface area contributed by atoms with E-state index >= 15 is 0 Å². The normalized spacial score (nSPS) is 23.4. The molecule has 13 rings (SSSR count). The van der Waals surface area contributed by atoms with Crippen molar-refractivity contribution in [3.63, 3.8) is 0 Å². The van der Waals surface area contributed by atoms with Crippen LogP contribution >= 0.6 is 0 Å². The summed E-state index contributed by atoms with van der Waals surface area (Å²) in [5, 5.41) is 7.99. The molecule has 1 fully saturated rings. The lowest BCUT2D eigenvalue weighted by Gasteiger charge is -2.31. The highest BCUT2D eigenvalue weighted by Gasteiger charge is 2.33. The van der Waals surface area contributed by atoms with Crippen molar-refractivity contribution in [3.8, 4) is 22.3 Å². The maximum absolute atomic E-state index is 7.18. The Hall–Kier alpha value is -9.09. The van der Waals surface area contributed by atoms with Crippen LogP contribution in [0.4, 0.5) is 0 Å². The molecule has 0 radical (unpaired) electrons. The van der Waals surface area contributed by atoms with Crippen molar-refractivity contribution in [3.05, 3.63) is 335 Å². The molecule has 8 atom stereocenters. The SMILES string of the molecule is CC1=C(c2cccc(-c3ccccc3)c2)NC(C2C=CC=C(c3cccc(C4C=CC=C(C5=CC=CC(C6=CC(C(N)N/C(=C/C=C/c7ccccc7)c7ccc(-c8ccccc8)cc7)CC=C6)C5)C4)c3)C2)CN=C1C1CCCC(c2ccccc2)C1. The molecule has 87 heavy (non-hydrogen) atoms. The molecule has 5 aliphatic carbocycles. The van der Waals surface area contributed by atoms with Crippen molar-refractivity contribution in [2.45, 2.75) is 82.3 Å². The van der Waals surface area contributed by atoms with Gasteiger partial charge in [0.1, 0.15) is 0 Å². The summed E-state index contributed by atoms with van der Waals surface area (Å²) < 4.78 is 0. The Morgan fingerprint density at radius 1 is 0.586 bits per heavy atom. The summed E-state index contributed by atoms with van der Waals surface area (Å²) in [5.41, 5.74) is 30.1. The Bertz CT molecular complexity index is 3940. The first-order chi connectivity index (χ1) is 42.9. The van der Waals surface area contributed by atoms with Gasteiger partial charge in [-0.25, -0.2) is 0 Å². The predicted octanol–water partition coefficient (Wildman–Crippen LogP) is 19.4. The Balaban J connectivity index is 0.680. The van der Waals surface area contributed by atoms with Gasteiger partial charge in [0.25, 0.3) is 0 Å². The van der Waals surface area contributed by atoms with Gasteiger partial charge in [-0.2, -0.15) is 0 Å².